The van der Waals surface area contributed by atoms with Crippen LogP contribution in [0.2, 0.25) is 0 Å². The number of ether oxygens (including phenoxy) is 1. The van der Waals surface area contributed by atoms with Gasteiger partial charge in [-0.15, -0.1) is 0 Å². The Balaban J connectivity index is 3.25. The lowest BCUT2D eigenvalue weighted by Crippen LogP contribution is -2.01. The van der Waals surface area contributed by atoms with Crippen molar-refractivity contribution in [3.8, 4) is 18.3 Å². The number of carbonyl (C=O) groups is 1. The fourth-order valence-corrected chi connectivity index (χ4v) is 1.19. The number of rotatable bonds is 2. The average molecular weight is 190 g/mol. The van der Waals surface area contributed by atoms with Crippen LogP contribution >= 0.6 is 0 Å². The minimum Gasteiger partial charge on any atom is -0.478 e. The summed E-state index contributed by atoms with van der Waals surface area (Å²) in [5.41, 5.74) is 1.62. The van der Waals surface area contributed by atoms with Crippen molar-refractivity contribution in [2.75, 3.05) is 0 Å². The molecule has 0 aromatic heterocycles. The Morgan fingerprint density at radius 3 is 2.57 bits per heavy atom. The highest BCUT2D eigenvalue weighted by Gasteiger charge is 2.10. The van der Waals surface area contributed by atoms with Gasteiger partial charge >= 0.3 is 5.97 Å². The fraction of sp³-hybridized carbons (Fsp3) is 0.182. The van der Waals surface area contributed by atoms with Gasteiger partial charge in [-0.3, -0.25) is 0 Å². The molecule has 0 fully saturated rings. The lowest BCUT2D eigenvalue weighted by Gasteiger charge is -2.06. The molecule has 1 aromatic carbocycles. The normalized spacial score (nSPS) is 9.21. The van der Waals surface area contributed by atoms with Gasteiger partial charge in [0.25, 0.3) is 0 Å². The first kappa shape index (κ1) is 10.1. The molecule has 0 saturated heterocycles. The Hall–Kier alpha value is -1.95. The molecular weight excluding hydrogens is 180 g/mol. The molecule has 0 bridgehead atoms. The predicted molar refractivity (Wildman–Crippen MR) is 52.3 cm³/mol. The van der Waals surface area contributed by atoms with Gasteiger partial charge in [0, 0.05) is 0 Å². The first-order valence-electron chi connectivity index (χ1n) is 4.03. The summed E-state index contributed by atoms with van der Waals surface area (Å²) in [5.74, 6) is -0.423. The lowest BCUT2D eigenvalue weighted by atomic mass is 10.0. The maximum absolute atomic E-state index is 10.8. The highest BCUT2D eigenvalue weighted by molar-refractivity contribution is 5.89. The summed E-state index contributed by atoms with van der Waals surface area (Å²) in [6.45, 7) is 3.45. The summed E-state index contributed by atoms with van der Waals surface area (Å²) in [6, 6.07) is 3.17. The third-order valence-electron chi connectivity index (χ3n) is 1.92. The van der Waals surface area contributed by atoms with Crippen LogP contribution in [0.3, 0.4) is 0 Å². The molecule has 3 nitrogen and oxygen atoms in total. The van der Waals surface area contributed by atoms with Crippen LogP contribution in [0, 0.1) is 26.4 Å². The average Bonchev–Trinajstić information content (AvgIpc) is 2.10. The van der Waals surface area contributed by atoms with Gasteiger partial charge in [0.15, 0.2) is 0 Å². The van der Waals surface area contributed by atoms with E-state index in [9.17, 15) is 4.79 Å². The minimum absolute atomic E-state index is 0.270. The number of aromatic carboxylic acids is 1. The van der Waals surface area contributed by atoms with Gasteiger partial charge in [-0.2, -0.15) is 0 Å². The minimum atomic E-state index is -0.946. The molecule has 14 heavy (non-hydrogen) atoms. The van der Waals surface area contributed by atoms with Gasteiger partial charge in [-0.25, -0.2) is 4.79 Å². The quantitative estimate of drug-likeness (QED) is 0.725. The number of aryl methyl sites for hydroxylation is 2. The molecule has 0 amide bonds. The van der Waals surface area contributed by atoms with Gasteiger partial charge in [0.05, 0.1) is 5.56 Å². The second kappa shape index (κ2) is 3.84. The summed E-state index contributed by atoms with van der Waals surface area (Å²) < 4.78 is 4.89. The molecule has 0 aliphatic rings. The molecule has 1 rings (SSSR count). The first-order chi connectivity index (χ1) is 6.56. The first-order valence-corrected chi connectivity index (χ1v) is 4.03. The van der Waals surface area contributed by atoms with E-state index in [-0.39, 0.29) is 5.56 Å². The van der Waals surface area contributed by atoms with E-state index < -0.39 is 5.97 Å². The van der Waals surface area contributed by atoms with Crippen LogP contribution in [-0.4, -0.2) is 11.1 Å². The lowest BCUT2D eigenvalue weighted by molar-refractivity contribution is 0.0696. The van der Waals surface area contributed by atoms with Crippen LogP contribution < -0.4 is 4.74 Å². The van der Waals surface area contributed by atoms with Crippen molar-refractivity contribution in [1.82, 2.24) is 0 Å². The highest BCUT2D eigenvalue weighted by Crippen LogP contribution is 2.22. The van der Waals surface area contributed by atoms with Crippen LogP contribution in [0.15, 0.2) is 12.1 Å². The topological polar surface area (TPSA) is 46.5 Å². The predicted octanol–water partition coefficient (Wildman–Crippen LogP) is 1.97. The maximum atomic E-state index is 10.8. The van der Waals surface area contributed by atoms with E-state index in [1.54, 1.807) is 26.0 Å². The highest BCUT2D eigenvalue weighted by atomic mass is 16.5. The Bertz CT molecular complexity index is 413. The zero-order chi connectivity index (χ0) is 10.7. The Morgan fingerprint density at radius 1 is 1.43 bits per heavy atom. The van der Waals surface area contributed by atoms with Crippen molar-refractivity contribution >= 4 is 5.97 Å². The van der Waals surface area contributed by atoms with E-state index in [2.05, 4.69) is 6.11 Å². The van der Waals surface area contributed by atoms with Gasteiger partial charge < -0.3 is 9.84 Å². The smallest absolute Gasteiger partial charge is 0.335 e. The molecule has 0 spiro atoms. The molecule has 1 aromatic rings. The molecule has 0 unspecified atom stereocenters. The number of terminal acetylenes is 1. The molecule has 0 heterocycles. The van der Waals surface area contributed by atoms with E-state index in [4.69, 9.17) is 16.3 Å². The van der Waals surface area contributed by atoms with Crippen LogP contribution in [0.25, 0.3) is 0 Å². The Morgan fingerprint density at radius 2 is 2.07 bits per heavy atom. The molecule has 0 radical (unpaired) electrons. The van der Waals surface area contributed by atoms with Crippen LogP contribution in [0.5, 0.6) is 5.75 Å². The summed E-state index contributed by atoms with van der Waals surface area (Å²) in [4.78, 5) is 10.8. The molecule has 0 aliphatic heterocycles. The van der Waals surface area contributed by atoms with Crippen molar-refractivity contribution < 1.29 is 14.6 Å². The summed E-state index contributed by atoms with van der Waals surface area (Å²) in [5, 5.41) is 8.83. The molecule has 0 saturated carbocycles. The largest absolute Gasteiger partial charge is 0.478 e. The van der Waals surface area contributed by atoms with E-state index in [1.807, 2.05) is 0 Å². The molecule has 1 N–H and O–H groups in total. The van der Waals surface area contributed by atoms with Gasteiger partial charge in [0.1, 0.15) is 11.9 Å². The zero-order valence-electron chi connectivity index (χ0n) is 8.00. The third-order valence-corrected chi connectivity index (χ3v) is 1.92. The summed E-state index contributed by atoms with van der Waals surface area (Å²) in [6.07, 6.45) is 7.04. The Kier molecular flexibility index (Phi) is 2.78. The fourth-order valence-electron chi connectivity index (χ4n) is 1.19. The number of carboxylic acids is 1. The third kappa shape index (κ3) is 1.86. The van der Waals surface area contributed by atoms with E-state index in [0.29, 0.717) is 16.9 Å². The van der Waals surface area contributed by atoms with E-state index in [1.165, 1.54) is 0 Å². The van der Waals surface area contributed by atoms with E-state index in [0.717, 1.165) is 0 Å². The van der Waals surface area contributed by atoms with Crippen molar-refractivity contribution in [3.63, 3.8) is 0 Å². The van der Waals surface area contributed by atoms with Crippen molar-refractivity contribution in [1.29, 1.82) is 0 Å². The van der Waals surface area contributed by atoms with Crippen LogP contribution in [0.1, 0.15) is 21.5 Å². The number of hydrogen-bond acceptors (Lipinski definition) is 2. The Labute approximate surface area is 82.3 Å². The number of hydrogen-bond donors (Lipinski definition) is 1. The SMILES string of the molecule is C#COc1cc(C)c(C(=O)O)cc1C. The van der Waals surface area contributed by atoms with Gasteiger partial charge in [-0.1, -0.05) is 6.42 Å². The second-order valence-corrected chi connectivity index (χ2v) is 2.96. The van der Waals surface area contributed by atoms with Crippen molar-refractivity contribution in [3.05, 3.63) is 28.8 Å². The molecule has 3 heteroatoms. The van der Waals surface area contributed by atoms with Crippen molar-refractivity contribution in [2.24, 2.45) is 0 Å². The van der Waals surface area contributed by atoms with Gasteiger partial charge in [0.2, 0.25) is 0 Å². The maximum Gasteiger partial charge on any atom is 0.335 e. The molecular formula is C11H10O3. The summed E-state index contributed by atoms with van der Waals surface area (Å²) in [7, 11) is 0. The van der Waals surface area contributed by atoms with Crippen LogP contribution in [0.4, 0.5) is 0 Å². The second-order valence-electron chi connectivity index (χ2n) is 2.96. The van der Waals surface area contributed by atoms with Gasteiger partial charge in [-0.05, 0) is 37.1 Å². The molecule has 72 valence electrons. The standard InChI is InChI=1S/C11H10O3/c1-4-14-10-6-7(2)9(11(12)13)5-8(10)3/h1,5-6H,2-3H3,(H,12,13). The molecule has 0 aliphatic carbocycles. The monoisotopic (exact) mass is 190 g/mol. The van der Waals surface area contributed by atoms with Crippen LogP contribution in [-0.2, 0) is 0 Å². The van der Waals surface area contributed by atoms with E-state index >= 15 is 0 Å². The summed E-state index contributed by atoms with van der Waals surface area (Å²) >= 11 is 0. The molecule has 0 atom stereocenters. The number of carboxylic acid groups (broad SMARTS) is 1. The zero-order valence-corrected chi connectivity index (χ0v) is 8.00. The number of benzene rings is 1. The van der Waals surface area contributed by atoms with Crippen molar-refractivity contribution in [2.45, 2.75) is 13.8 Å².